The van der Waals surface area contributed by atoms with Gasteiger partial charge in [-0.1, -0.05) is 45.1 Å². The van der Waals surface area contributed by atoms with Gasteiger partial charge in [0.1, 0.15) is 0 Å². The predicted molar refractivity (Wildman–Crippen MR) is 48.2 cm³/mol. The Balaban J connectivity index is 4.89. The first-order valence-corrected chi connectivity index (χ1v) is 3.65. The quantitative estimate of drug-likeness (QED) is 0.395. The van der Waals surface area contributed by atoms with Crippen molar-refractivity contribution >= 4 is 0 Å². The molecule has 10 heavy (non-hydrogen) atoms. The average Bonchev–Trinajstić information content (AvgIpc) is 2.25. The third kappa shape index (κ3) is 7.74. The molecule has 60 valence electrons. The van der Waals surface area contributed by atoms with Gasteiger partial charge in [0.15, 0.2) is 0 Å². The van der Waals surface area contributed by atoms with Crippen LogP contribution in [0, 0.1) is 0 Å². The van der Waals surface area contributed by atoms with Crippen LogP contribution in [0.15, 0.2) is 12.1 Å². The van der Waals surface area contributed by atoms with E-state index in [0.717, 1.165) is 19.3 Å². The predicted octanol–water partition coefficient (Wildman–Crippen LogP) is 3.92. The second-order valence-electron chi connectivity index (χ2n) is 2.09. The molecule has 0 rings (SSSR count). The first-order valence-electron chi connectivity index (χ1n) is 7.73. The summed E-state index contributed by atoms with van der Waals surface area (Å²) >= 11 is 0. The maximum absolute atomic E-state index is 7.66. The zero-order valence-electron chi connectivity index (χ0n) is 14.4. The lowest BCUT2D eigenvalue weighted by molar-refractivity contribution is 0.674. The smallest absolute Gasteiger partial charge is 0.0572 e. The summed E-state index contributed by atoms with van der Waals surface area (Å²) in [6.07, 6.45) is -0.950. The van der Waals surface area contributed by atoms with Gasteiger partial charge in [-0.3, -0.25) is 0 Å². The highest BCUT2D eigenvalue weighted by Gasteiger charge is 1.82. The van der Waals surface area contributed by atoms with Crippen molar-refractivity contribution in [3.05, 3.63) is 12.1 Å². The molecule has 0 spiro atoms. The largest absolute Gasteiger partial charge is 0.0888 e. The highest BCUT2D eigenvalue weighted by atomic mass is 13.9. The molecule has 1 unspecified atom stereocenters. The fourth-order valence-corrected chi connectivity index (χ4v) is 0.656. The number of unbranched alkanes of at least 4 members (excludes halogenated alkanes) is 2. The molecule has 0 heterocycles. The van der Waals surface area contributed by atoms with E-state index in [0.29, 0.717) is 6.42 Å². The van der Waals surface area contributed by atoms with E-state index in [9.17, 15) is 0 Å². The SMILES string of the molecule is [2H]C(=C([2H])C([2H])([2H])C([2H])([2H])[2H])C([2H])CCCCC. The minimum Gasteiger partial charge on any atom is -0.0888 e. The molecule has 0 aliphatic heterocycles. The van der Waals surface area contributed by atoms with E-state index in [1.165, 1.54) is 0 Å². The van der Waals surface area contributed by atoms with Crippen molar-refractivity contribution in [2.75, 3.05) is 0 Å². The number of hydrogen-bond acceptors (Lipinski definition) is 0. The van der Waals surface area contributed by atoms with Crippen LogP contribution in [-0.4, -0.2) is 0 Å². The van der Waals surface area contributed by atoms with Gasteiger partial charge in [0, 0.05) is 8.22 Å². The number of allylic oxidation sites excluding steroid dienone is 2. The van der Waals surface area contributed by atoms with Crippen molar-refractivity contribution in [1.82, 2.24) is 0 Å². The van der Waals surface area contributed by atoms with E-state index in [1.54, 1.807) is 0 Å². The van der Waals surface area contributed by atoms with Gasteiger partial charge in [-0.25, -0.2) is 0 Å². The van der Waals surface area contributed by atoms with E-state index >= 15 is 0 Å². The van der Waals surface area contributed by atoms with Gasteiger partial charge >= 0.3 is 0 Å². The molecule has 0 bridgehead atoms. The van der Waals surface area contributed by atoms with Gasteiger partial charge in [-0.2, -0.15) is 0 Å². The van der Waals surface area contributed by atoms with Crippen molar-refractivity contribution in [2.24, 2.45) is 0 Å². The average molecular weight is 148 g/mol. The molecule has 0 aromatic carbocycles. The summed E-state index contributed by atoms with van der Waals surface area (Å²) in [4.78, 5) is 0. The van der Waals surface area contributed by atoms with E-state index < -0.39 is 31.7 Å². The molecule has 0 aliphatic carbocycles. The molecule has 0 aliphatic rings. The van der Waals surface area contributed by atoms with Crippen LogP contribution in [0.1, 0.15) is 63.2 Å². The Bertz CT molecular complexity index is 291. The van der Waals surface area contributed by atoms with Crippen LogP contribution >= 0.6 is 0 Å². The second kappa shape index (κ2) is 8.74. The molecule has 1 atom stereocenters. The normalized spacial score (nSPS) is 30.5. The van der Waals surface area contributed by atoms with Gasteiger partial charge in [-0.05, 0) is 19.2 Å². The molecule has 0 fully saturated rings. The Morgan fingerprint density at radius 2 is 2.30 bits per heavy atom. The van der Waals surface area contributed by atoms with Crippen LogP contribution in [0.5, 0.6) is 0 Å². The van der Waals surface area contributed by atoms with E-state index in [4.69, 9.17) is 11.0 Å². The maximum Gasteiger partial charge on any atom is 0.0572 e. The lowest BCUT2D eigenvalue weighted by Gasteiger charge is -1.92. The third-order valence-electron chi connectivity index (χ3n) is 1.19. The minimum atomic E-state index is -2.99. The Morgan fingerprint density at radius 1 is 1.40 bits per heavy atom. The Kier molecular flexibility index (Phi) is 2.32. The molecule has 0 heteroatoms. The van der Waals surface area contributed by atoms with Crippen LogP contribution in [0.3, 0.4) is 0 Å². The molecule has 0 saturated heterocycles. The minimum absolute atomic E-state index is 0.353. The van der Waals surface area contributed by atoms with Crippen LogP contribution in [-0.2, 0) is 0 Å². The summed E-state index contributed by atoms with van der Waals surface area (Å²) in [5.74, 6) is 0. The van der Waals surface area contributed by atoms with E-state index in [2.05, 4.69) is 0 Å². The van der Waals surface area contributed by atoms with Gasteiger partial charge in [-0.15, -0.1) is 0 Å². The monoisotopic (exact) mass is 148 g/mol. The fraction of sp³-hybridized carbons (Fsp3) is 0.800. The molecular formula is C10H20. The molecule has 0 N–H and O–H groups in total. The van der Waals surface area contributed by atoms with Crippen molar-refractivity contribution < 1.29 is 11.0 Å². The first-order chi connectivity index (χ1) is 8.05. The molecule has 0 amide bonds. The van der Waals surface area contributed by atoms with Crippen LogP contribution < -0.4 is 0 Å². The zero-order chi connectivity index (χ0) is 14.6. The molecule has 0 aromatic heterocycles. The summed E-state index contributed by atoms with van der Waals surface area (Å²) < 4.78 is 58.5. The van der Waals surface area contributed by atoms with Gasteiger partial charge in [0.25, 0.3) is 0 Å². The fourth-order valence-electron chi connectivity index (χ4n) is 0.656. The van der Waals surface area contributed by atoms with Crippen LogP contribution in [0.4, 0.5) is 0 Å². The van der Waals surface area contributed by atoms with Crippen molar-refractivity contribution in [3.8, 4) is 0 Å². The maximum atomic E-state index is 7.66. The molecule has 0 radical (unpaired) electrons. The first kappa shape index (κ1) is 2.66. The Labute approximate surface area is 76.6 Å². The third-order valence-corrected chi connectivity index (χ3v) is 1.19. The molecular weight excluding hydrogens is 120 g/mol. The second-order valence-corrected chi connectivity index (χ2v) is 2.09. The molecule has 0 nitrogen and oxygen atoms in total. The highest BCUT2D eigenvalue weighted by molar-refractivity contribution is 4.79. The van der Waals surface area contributed by atoms with Crippen molar-refractivity contribution in [2.45, 2.75) is 52.2 Å². The van der Waals surface area contributed by atoms with E-state index in [1.807, 2.05) is 6.92 Å². The zero-order valence-corrected chi connectivity index (χ0v) is 6.41. The summed E-state index contributed by atoms with van der Waals surface area (Å²) in [7, 11) is 0. The molecule has 0 aromatic rings. The topological polar surface area (TPSA) is 0 Å². The van der Waals surface area contributed by atoms with Crippen LogP contribution in [0.25, 0.3) is 0 Å². The lowest BCUT2D eigenvalue weighted by atomic mass is 10.1. The Hall–Kier alpha value is -0.260. The van der Waals surface area contributed by atoms with Crippen molar-refractivity contribution in [3.63, 3.8) is 0 Å². The van der Waals surface area contributed by atoms with Crippen LogP contribution in [0.2, 0.25) is 0 Å². The summed E-state index contributed by atoms with van der Waals surface area (Å²) in [6, 6.07) is -1.44. The van der Waals surface area contributed by atoms with Gasteiger partial charge in [0.2, 0.25) is 0 Å². The Morgan fingerprint density at radius 3 is 3.00 bits per heavy atom. The highest BCUT2D eigenvalue weighted by Crippen LogP contribution is 2.02. The summed E-state index contributed by atoms with van der Waals surface area (Å²) in [5, 5.41) is 0. The standard InChI is InChI=1S/C10H20/c1-3-5-7-9-10-8-6-4-2/h5,7H,3-4,6,8-10H2,1-2H3/i1D3,3D2,5D,7D,9D. The summed E-state index contributed by atoms with van der Waals surface area (Å²) in [6.45, 7) is -0.987. The van der Waals surface area contributed by atoms with Crippen molar-refractivity contribution in [1.29, 1.82) is 0 Å². The number of hydrogen-bond donors (Lipinski definition) is 0. The number of rotatable bonds is 6. The lowest BCUT2D eigenvalue weighted by Crippen LogP contribution is -1.73. The van der Waals surface area contributed by atoms with E-state index in [-0.39, 0.29) is 0 Å². The summed E-state index contributed by atoms with van der Waals surface area (Å²) in [5.41, 5.74) is 0. The van der Waals surface area contributed by atoms with Gasteiger partial charge in [0.05, 0.1) is 2.74 Å². The molecule has 0 saturated carbocycles. The van der Waals surface area contributed by atoms with Gasteiger partial charge < -0.3 is 0 Å².